The van der Waals surface area contributed by atoms with Crippen molar-refractivity contribution in [1.82, 2.24) is 0 Å². The van der Waals surface area contributed by atoms with Gasteiger partial charge in [-0.2, -0.15) is 0 Å². The van der Waals surface area contributed by atoms with Crippen LogP contribution in [0.4, 0.5) is 0 Å². The molecule has 0 fully saturated rings. The zero-order chi connectivity index (χ0) is 12.3. The Morgan fingerprint density at radius 2 is 1.47 bits per heavy atom. The highest BCUT2D eigenvalue weighted by Crippen LogP contribution is 2.29. The summed E-state index contributed by atoms with van der Waals surface area (Å²) in [4.78, 5) is 12.9. The maximum atomic E-state index is 10.6. The highest BCUT2D eigenvalue weighted by atomic mass is 32.2. The lowest BCUT2D eigenvalue weighted by molar-refractivity contribution is 0.112. The number of rotatable bonds is 3. The predicted molar refractivity (Wildman–Crippen MR) is 71.9 cm³/mol. The van der Waals surface area contributed by atoms with Gasteiger partial charge in [0.05, 0.1) is 0 Å². The van der Waals surface area contributed by atoms with Crippen molar-refractivity contribution in [3.05, 3.63) is 59.2 Å². The summed E-state index contributed by atoms with van der Waals surface area (Å²) >= 11 is 1.72. The van der Waals surface area contributed by atoms with E-state index in [1.807, 2.05) is 24.3 Å². The van der Waals surface area contributed by atoms with Crippen LogP contribution in [0.5, 0.6) is 0 Å². The van der Waals surface area contributed by atoms with Gasteiger partial charge in [0.25, 0.3) is 0 Å². The van der Waals surface area contributed by atoms with E-state index in [9.17, 15) is 4.79 Å². The van der Waals surface area contributed by atoms with Crippen LogP contribution in [0.1, 0.15) is 21.5 Å². The Labute approximate surface area is 106 Å². The van der Waals surface area contributed by atoms with Gasteiger partial charge in [-0.15, -0.1) is 0 Å². The number of aldehydes is 1. The molecular formula is C15H14OS. The number of benzene rings is 2. The topological polar surface area (TPSA) is 17.1 Å². The summed E-state index contributed by atoms with van der Waals surface area (Å²) < 4.78 is 0. The minimum Gasteiger partial charge on any atom is -0.298 e. The van der Waals surface area contributed by atoms with Crippen molar-refractivity contribution in [2.24, 2.45) is 0 Å². The molecule has 0 aliphatic rings. The minimum absolute atomic E-state index is 0.717. The van der Waals surface area contributed by atoms with Crippen molar-refractivity contribution >= 4 is 18.0 Å². The first-order valence-corrected chi connectivity index (χ1v) is 6.30. The van der Waals surface area contributed by atoms with Gasteiger partial charge in [-0.3, -0.25) is 4.79 Å². The highest BCUT2D eigenvalue weighted by molar-refractivity contribution is 7.99. The Kier molecular flexibility index (Phi) is 3.64. The van der Waals surface area contributed by atoms with Gasteiger partial charge in [0.2, 0.25) is 0 Å². The van der Waals surface area contributed by atoms with Gasteiger partial charge in [-0.1, -0.05) is 30.0 Å². The van der Waals surface area contributed by atoms with Crippen LogP contribution < -0.4 is 0 Å². The van der Waals surface area contributed by atoms with Crippen molar-refractivity contribution in [2.75, 3.05) is 0 Å². The summed E-state index contributed by atoms with van der Waals surface area (Å²) in [7, 11) is 0. The van der Waals surface area contributed by atoms with Gasteiger partial charge in [-0.25, -0.2) is 0 Å². The Morgan fingerprint density at radius 1 is 0.882 bits per heavy atom. The zero-order valence-electron chi connectivity index (χ0n) is 9.94. The number of carbonyl (C=O) groups excluding carboxylic acids is 1. The summed E-state index contributed by atoms with van der Waals surface area (Å²) in [5.74, 6) is 0. The van der Waals surface area contributed by atoms with E-state index in [0.717, 1.165) is 16.7 Å². The van der Waals surface area contributed by atoms with Crippen molar-refractivity contribution < 1.29 is 4.79 Å². The largest absolute Gasteiger partial charge is 0.298 e. The monoisotopic (exact) mass is 242 g/mol. The maximum Gasteiger partial charge on any atom is 0.150 e. The summed E-state index contributed by atoms with van der Waals surface area (Å²) in [6.45, 7) is 4.21. The molecule has 2 aromatic carbocycles. The Bertz CT molecular complexity index is 509. The van der Waals surface area contributed by atoms with Gasteiger partial charge < -0.3 is 0 Å². The van der Waals surface area contributed by atoms with Crippen molar-refractivity contribution in [1.29, 1.82) is 0 Å². The molecule has 0 radical (unpaired) electrons. The van der Waals surface area contributed by atoms with E-state index >= 15 is 0 Å². The lowest BCUT2D eigenvalue weighted by atomic mass is 10.2. The maximum absolute atomic E-state index is 10.6. The van der Waals surface area contributed by atoms with Crippen molar-refractivity contribution in [3.63, 3.8) is 0 Å². The van der Waals surface area contributed by atoms with E-state index in [1.165, 1.54) is 16.0 Å². The second-order valence-electron chi connectivity index (χ2n) is 4.11. The fourth-order valence-corrected chi connectivity index (χ4v) is 2.78. The van der Waals surface area contributed by atoms with E-state index in [1.54, 1.807) is 11.8 Å². The first kappa shape index (κ1) is 11.9. The standard InChI is InChI=1S/C15H14OS/c1-11-7-12(2)9-15(8-11)17-14-5-3-13(10-16)4-6-14/h3-10H,1-2H3. The molecule has 0 aliphatic heterocycles. The van der Waals surface area contributed by atoms with Crippen LogP contribution in [0.3, 0.4) is 0 Å². The minimum atomic E-state index is 0.717. The molecule has 17 heavy (non-hydrogen) atoms. The van der Waals surface area contributed by atoms with E-state index < -0.39 is 0 Å². The van der Waals surface area contributed by atoms with Crippen molar-refractivity contribution in [2.45, 2.75) is 23.6 Å². The summed E-state index contributed by atoms with van der Waals surface area (Å²) in [6, 6.07) is 14.2. The van der Waals surface area contributed by atoms with Crippen LogP contribution in [0.15, 0.2) is 52.3 Å². The fourth-order valence-electron chi connectivity index (χ4n) is 1.74. The Hall–Kier alpha value is -1.54. The molecule has 0 aromatic heterocycles. The SMILES string of the molecule is Cc1cc(C)cc(Sc2ccc(C=O)cc2)c1. The van der Waals surface area contributed by atoms with Gasteiger partial charge in [0, 0.05) is 15.4 Å². The van der Waals surface area contributed by atoms with Crippen LogP contribution in [0.2, 0.25) is 0 Å². The lowest BCUT2D eigenvalue weighted by Gasteiger charge is -2.05. The zero-order valence-corrected chi connectivity index (χ0v) is 10.8. The molecule has 2 aromatic rings. The molecule has 2 rings (SSSR count). The molecule has 0 bridgehead atoms. The molecule has 0 spiro atoms. The van der Waals surface area contributed by atoms with Crippen LogP contribution in [-0.2, 0) is 0 Å². The normalized spacial score (nSPS) is 10.2. The van der Waals surface area contributed by atoms with Crippen LogP contribution in [-0.4, -0.2) is 6.29 Å². The number of aryl methyl sites for hydroxylation is 2. The average molecular weight is 242 g/mol. The number of hydrogen-bond acceptors (Lipinski definition) is 2. The molecule has 0 N–H and O–H groups in total. The van der Waals surface area contributed by atoms with Gasteiger partial charge in [0.1, 0.15) is 6.29 Å². The molecule has 0 atom stereocenters. The quantitative estimate of drug-likeness (QED) is 0.748. The van der Waals surface area contributed by atoms with Gasteiger partial charge >= 0.3 is 0 Å². The fraction of sp³-hybridized carbons (Fsp3) is 0.133. The lowest BCUT2D eigenvalue weighted by Crippen LogP contribution is -1.81. The molecule has 2 heteroatoms. The van der Waals surface area contributed by atoms with Gasteiger partial charge in [-0.05, 0) is 49.2 Å². The Morgan fingerprint density at radius 3 is 2.00 bits per heavy atom. The molecule has 0 saturated carbocycles. The third-order valence-corrected chi connectivity index (χ3v) is 3.43. The Balaban J connectivity index is 2.21. The predicted octanol–water partition coefficient (Wildman–Crippen LogP) is 4.27. The van der Waals surface area contributed by atoms with E-state index in [-0.39, 0.29) is 0 Å². The molecule has 1 nitrogen and oxygen atoms in total. The van der Waals surface area contributed by atoms with Crippen LogP contribution >= 0.6 is 11.8 Å². The molecule has 0 amide bonds. The molecule has 0 aliphatic carbocycles. The average Bonchev–Trinajstić information content (AvgIpc) is 2.28. The van der Waals surface area contributed by atoms with E-state index in [4.69, 9.17) is 0 Å². The van der Waals surface area contributed by atoms with Gasteiger partial charge in [0.15, 0.2) is 0 Å². The first-order valence-electron chi connectivity index (χ1n) is 5.49. The van der Waals surface area contributed by atoms with E-state index in [2.05, 4.69) is 32.0 Å². The smallest absolute Gasteiger partial charge is 0.150 e. The summed E-state index contributed by atoms with van der Waals surface area (Å²) in [6.07, 6.45) is 0.866. The van der Waals surface area contributed by atoms with Crippen LogP contribution in [0, 0.1) is 13.8 Å². The van der Waals surface area contributed by atoms with Crippen LogP contribution in [0.25, 0.3) is 0 Å². The second-order valence-corrected chi connectivity index (χ2v) is 5.26. The van der Waals surface area contributed by atoms with Crippen molar-refractivity contribution in [3.8, 4) is 0 Å². The second kappa shape index (κ2) is 5.19. The third kappa shape index (κ3) is 3.21. The molecular weight excluding hydrogens is 228 g/mol. The highest BCUT2D eigenvalue weighted by Gasteiger charge is 1.99. The first-order chi connectivity index (χ1) is 8.17. The summed E-state index contributed by atoms with van der Waals surface area (Å²) in [5.41, 5.74) is 3.27. The molecule has 86 valence electrons. The third-order valence-electron chi connectivity index (χ3n) is 2.45. The number of carbonyl (C=O) groups is 1. The van der Waals surface area contributed by atoms with E-state index in [0.29, 0.717) is 0 Å². The summed E-state index contributed by atoms with van der Waals surface area (Å²) in [5, 5.41) is 0. The molecule has 0 heterocycles. The number of hydrogen-bond donors (Lipinski definition) is 0. The molecule has 0 saturated heterocycles. The molecule has 0 unspecified atom stereocenters.